The maximum Gasteiger partial charge on any atom is 0.244 e. The molecule has 0 bridgehead atoms. The molecule has 3 nitrogen and oxygen atoms in total. The molecule has 0 aliphatic rings. The molecule has 1 rings (SSSR count). The first kappa shape index (κ1) is 17.2. The summed E-state index contributed by atoms with van der Waals surface area (Å²) >= 11 is 5.99. The second-order valence-electron chi connectivity index (χ2n) is 4.53. The fraction of sp³-hybridized carbons (Fsp3) is 0.462. The van der Waals surface area contributed by atoms with Crippen LogP contribution in [0.2, 0.25) is 5.02 Å². The first-order valence-corrected chi connectivity index (χ1v) is 6.11. The third kappa shape index (κ3) is 4.16. The van der Waals surface area contributed by atoms with E-state index in [2.05, 4.69) is 5.32 Å². The second kappa shape index (κ2) is 6.98. The molecule has 1 amide bonds. The van der Waals surface area contributed by atoms with Crippen LogP contribution >= 0.6 is 24.0 Å². The zero-order valence-corrected chi connectivity index (χ0v) is 12.5. The van der Waals surface area contributed by atoms with Gasteiger partial charge in [-0.2, -0.15) is 0 Å². The zero-order valence-electron chi connectivity index (χ0n) is 10.9. The van der Waals surface area contributed by atoms with Crippen LogP contribution in [0.1, 0.15) is 32.3 Å². The topological polar surface area (TPSA) is 55.1 Å². The molecule has 0 aliphatic carbocycles. The van der Waals surface area contributed by atoms with E-state index in [1.165, 1.54) is 0 Å². The molecule has 1 aromatic rings. The number of benzene rings is 1. The molecule has 3 N–H and O–H groups in total. The Balaban J connectivity index is 0.00000289. The van der Waals surface area contributed by atoms with Gasteiger partial charge in [0, 0.05) is 10.7 Å². The van der Waals surface area contributed by atoms with Gasteiger partial charge in [-0.3, -0.25) is 4.79 Å². The minimum Gasteiger partial charge on any atom is -0.324 e. The normalized spacial score (nSPS) is 13.4. The first-order valence-electron chi connectivity index (χ1n) is 5.74. The molecular formula is C13H20Cl2N2O. The van der Waals surface area contributed by atoms with Crippen LogP contribution in [0.3, 0.4) is 0 Å². The Kier molecular flexibility index (Phi) is 6.68. The summed E-state index contributed by atoms with van der Waals surface area (Å²) in [5.41, 5.74) is 6.69. The number of rotatable bonds is 4. The summed E-state index contributed by atoms with van der Waals surface area (Å²) in [7, 11) is 0. The number of hydrogen-bond donors (Lipinski definition) is 2. The van der Waals surface area contributed by atoms with Crippen molar-refractivity contribution in [3.63, 3.8) is 0 Å². The number of amides is 1. The van der Waals surface area contributed by atoms with Gasteiger partial charge in [0.15, 0.2) is 0 Å². The van der Waals surface area contributed by atoms with E-state index in [-0.39, 0.29) is 18.3 Å². The van der Waals surface area contributed by atoms with Crippen LogP contribution < -0.4 is 11.1 Å². The Morgan fingerprint density at radius 2 is 2.11 bits per heavy atom. The summed E-state index contributed by atoms with van der Waals surface area (Å²) in [6, 6.07) is 5.42. The van der Waals surface area contributed by atoms with Gasteiger partial charge < -0.3 is 11.1 Å². The highest BCUT2D eigenvalue weighted by atomic mass is 35.5. The first-order chi connectivity index (χ1) is 7.88. The number of hydrogen-bond acceptors (Lipinski definition) is 2. The van der Waals surface area contributed by atoms with Crippen LogP contribution in [0, 0.1) is 6.92 Å². The molecule has 0 spiro atoms. The summed E-state index contributed by atoms with van der Waals surface area (Å²) in [6.45, 7) is 5.61. The fourth-order valence-corrected chi connectivity index (χ4v) is 1.82. The highest BCUT2D eigenvalue weighted by Gasteiger charge is 2.27. The van der Waals surface area contributed by atoms with Crippen molar-refractivity contribution in [1.29, 1.82) is 0 Å². The number of halogens is 2. The predicted octanol–water partition coefficient (Wildman–Crippen LogP) is 3.53. The van der Waals surface area contributed by atoms with Crippen LogP contribution in [0.4, 0.5) is 5.69 Å². The average Bonchev–Trinajstić information content (AvgIpc) is 2.24. The molecule has 1 unspecified atom stereocenters. The molecule has 0 saturated heterocycles. The number of anilines is 1. The van der Waals surface area contributed by atoms with Crippen molar-refractivity contribution < 1.29 is 4.79 Å². The molecule has 18 heavy (non-hydrogen) atoms. The zero-order chi connectivity index (χ0) is 13.1. The molecule has 102 valence electrons. The molecule has 5 heteroatoms. The minimum atomic E-state index is -0.844. The number of carbonyl (C=O) groups is 1. The van der Waals surface area contributed by atoms with Crippen molar-refractivity contribution in [1.82, 2.24) is 0 Å². The van der Waals surface area contributed by atoms with E-state index in [1.807, 2.05) is 19.9 Å². The molecule has 0 heterocycles. The molecule has 0 fully saturated rings. The standard InChI is InChI=1S/C13H19ClN2O.ClH/c1-4-8-13(3,15)12(17)16-11-7-5-6-10(14)9(11)2;/h5-7H,4,8,15H2,1-3H3,(H,16,17);1H. The van der Waals surface area contributed by atoms with Crippen molar-refractivity contribution >= 4 is 35.6 Å². The number of carbonyl (C=O) groups excluding carboxylic acids is 1. The van der Waals surface area contributed by atoms with Gasteiger partial charge >= 0.3 is 0 Å². The van der Waals surface area contributed by atoms with Gasteiger partial charge in [0.2, 0.25) is 5.91 Å². The molecule has 0 aromatic heterocycles. The van der Waals surface area contributed by atoms with E-state index >= 15 is 0 Å². The van der Waals surface area contributed by atoms with Gasteiger partial charge in [-0.15, -0.1) is 12.4 Å². The lowest BCUT2D eigenvalue weighted by molar-refractivity contribution is -0.120. The van der Waals surface area contributed by atoms with Gasteiger partial charge in [0.05, 0.1) is 5.54 Å². The van der Waals surface area contributed by atoms with Crippen molar-refractivity contribution in [3.8, 4) is 0 Å². The average molecular weight is 291 g/mol. The fourth-order valence-electron chi connectivity index (χ4n) is 1.64. The van der Waals surface area contributed by atoms with Crippen molar-refractivity contribution in [2.45, 2.75) is 39.2 Å². The van der Waals surface area contributed by atoms with Crippen molar-refractivity contribution in [3.05, 3.63) is 28.8 Å². The van der Waals surface area contributed by atoms with E-state index in [9.17, 15) is 4.79 Å². The van der Waals surface area contributed by atoms with E-state index in [0.717, 1.165) is 17.7 Å². The molecule has 1 atom stereocenters. The minimum absolute atomic E-state index is 0. The highest BCUT2D eigenvalue weighted by molar-refractivity contribution is 6.31. The van der Waals surface area contributed by atoms with Gasteiger partial charge in [0.1, 0.15) is 0 Å². The lowest BCUT2D eigenvalue weighted by atomic mass is 9.96. The highest BCUT2D eigenvalue weighted by Crippen LogP contribution is 2.24. The van der Waals surface area contributed by atoms with Crippen molar-refractivity contribution in [2.24, 2.45) is 5.73 Å². The van der Waals surface area contributed by atoms with Crippen LogP contribution in [0.15, 0.2) is 18.2 Å². The SMILES string of the molecule is CCCC(C)(N)C(=O)Nc1cccc(Cl)c1C.Cl. The van der Waals surface area contributed by atoms with Gasteiger partial charge in [0.25, 0.3) is 0 Å². The Labute approximate surface area is 119 Å². The van der Waals surface area contributed by atoms with Crippen molar-refractivity contribution in [2.75, 3.05) is 5.32 Å². The lowest BCUT2D eigenvalue weighted by Crippen LogP contribution is -2.48. The maximum atomic E-state index is 12.0. The number of nitrogens with one attached hydrogen (secondary N) is 1. The quantitative estimate of drug-likeness (QED) is 0.891. The summed E-state index contributed by atoms with van der Waals surface area (Å²) < 4.78 is 0. The monoisotopic (exact) mass is 290 g/mol. The van der Waals surface area contributed by atoms with E-state index in [0.29, 0.717) is 11.4 Å². The third-order valence-corrected chi connectivity index (χ3v) is 3.21. The summed E-state index contributed by atoms with van der Waals surface area (Å²) in [6.07, 6.45) is 1.52. The largest absolute Gasteiger partial charge is 0.324 e. The smallest absolute Gasteiger partial charge is 0.244 e. The lowest BCUT2D eigenvalue weighted by Gasteiger charge is -2.23. The van der Waals surface area contributed by atoms with Crippen LogP contribution in [-0.2, 0) is 4.79 Å². The summed E-state index contributed by atoms with van der Waals surface area (Å²) in [5, 5.41) is 3.46. The maximum absolute atomic E-state index is 12.0. The molecule has 1 aromatic carbocycles. The van der Waals surface area contributed by atoms with Gasteiger partial charge in [-0.25, -0.2) is 0 Å². The van der Waals surface area contributed by atoms with Crippen LogP contribution in [-0.4, -0.2) is 11.4 Å². The number of nitrogens with two attached hydrogens (primary N) is 1. The van der Waals surface area contributed by atoms with Crippen LogP contribution in [0.5, 0.6) is 0 Å². The van der Waals surface area contributed by atoms with E-state index < -0.39 is 5.54 Å². The molecule has 0 saturated carbocycles. The van der Waals surface area contributed by atoms with Gasteiger partial charge in [-0.05, 0) is 38.0 Å². The second-order valence-corrected chi connectivity index (χ2v) is 4.94. The Bertz CT molecular complexity index is 419. The molecular weight excluding hydrogens is 271 g/mol. The van der Waals surface area contributed by atoms with E-state index in [4.69, 9.17) is 17.3 Å². The molecule has 0 radical (unpaired) electrons. The molecule has 0 aliphatic heterocycles. The summed E-state index contributed by atoms with van der Waals surface area (Å²) in [5.74, 6) is -0.176. The van der Waals surface area contributed by atoms with Crippen LogP contribution in [0.25, 0.3) is 0 Å². The Morgan fingerprint density at radius 3 is 2.67 bits per heavy atom. The van der Waals surface area contributed by atoms with E-state index in [1.54, 1.807) is 19.1 Å². The third-order valence-electron chi connectivity index (χ3n) is 2.80. The van der Waals surface area contributed by atoms with Gasteiger partial charge in [-0.1, -0.05) is 31.0 Å². The summed E-state index contributed by atoms with van der Waals surface area (Å²) in [4.78, 5) is 12.0. The Hall–Kier alpha value is -0.770. The predicted molar refractivity (Wildman–Crippen MR) is 79.6 cm³/mol. The Morgan fingerprint density at radius 1 is 1.50 bits per heavy atom.